The highest BCUT2D eigenvalue weighted by atomic mass is 16.5. The Kier molecular flexibility index (Phi) is 2.05. The molecule has 3 aromatic rings. The number of ether oxygens (including phenoxy) is 1. The van der Waals surface area contributed by atoms with Gasteiger partial charge in [0.15, 0.2) is 0 Å². The zero-order valence-electron chi connectivity index (χ0n) is 11.1. The molecule has 2 aromatic carbocycles. The number of methoxy groups -OCH3 is 1. The van der Waals surface area contributed by atoms with Gasteiger partial charge in [0.25, 0.3) is 0 Å². The van der Waals surface area contributed by atoms with Gasteiger partial charge in [0, 0.05) is 28.5 Å². The van der Waals surface area contributed by atoms with Crippen LogP contribution >= 0.6 is 0 Å². The average Bonchev–Trinajstić information content (AvgIpc) is 2.95. The molecule has 0 amide bonds. The van der Waals surface area contributed by atoms with E-state index in [1.54, 1.807) is 7.11 Å². The molecule has 0 saturated carbocycles. The van der Waals surface area contributed by atoms with E-state index in [0.717, 1.165) is 12.2 Å². The number of fused-ring (bicyclic) bond motifs is 5. The van der Waals surface area contributed by atoms with Gasteiger partial charge >= 0.3 is 0 Å². The SMILES string of the molecule is COc1ccc(C)c2c1Cc1c-2[nH]c2ccccc12. The summed E-state index contributed by atoms with van der Waals surface area (Å²) in [7, 11) is 1.75. The normalized spacial score (nSPS) is 12.5. The van der Waals surface area contributed by atoms with Crippen LogP contribution < -0.4 is 4.74 Å². The van der Waals surface area contributed by atoms with Crippen LogP contribution in [-0.2, 0) is 6.42 Å². The number of hydrogen-bond donors (Lipinski definition) is 1. The summed E-state index contributed by atoms with van der Waals surface area (Å²) >= 11 is 0. The lowest BCUT2D eigenvalue weighted by Crippen LogP contribution is -1.92. The minimum atomic E-state index is 0.958. The molecule has 0 unspecified atom stereocenters. The van der Waals surface area contributed by atoms with Crippen molar-refractivity contribution in [2.24, 2.45) is 0 Å². The number of benzene rings is 2. The first-order chi connectivity index (χ1) is 9.29. The predicted molar refractivity (Wildman–Crippen MR) is 77.8 cm³/mol. The van der Waals surface area contributed by atoms with Gasteiger partial charge in [-0.15, -0.1) is 0 Å². The first-order valence-electron chi connectivity index (χ1n) is 6.56. The third kappa shape index (κ3) is 1.31. The van der Waals surface area contributed by atoms with Crippen LogP contribution in [0.25, 0.3) is 22.2 Å². The van der Waals surface area contributed by atoms with Crippen molar-refractivity contribution in [3.8, 4) is 17.0 Å². The van der Waals surface area contributed by atoms with E-state index in [-0.39, 0.29) is 0 Å². The fourth-order valence-electron chi connectivity index (χ4n) is 3.23. The second-order valence-electron chi connectivity index (χ2n) is 5.14. The van der Waals surface area contributed by atoms with E-state index >= 15 is 0 Å². The topological polar surface area (TPSA) is 25.0 Å². The summed E-state index contributed by atoms with van der Waals surface area (Å²) in [4.78, 5) is 3.57. The second kappa shape index (κ2) is 3.64. The molecule has 0 spiro atoms. The largest absolute Gasteiger partial charge is 0.496 e. The second-order valence-corrected chi connectivity index (χ2v) is 5.14. The molecule has 1 aliphatic carbocycles. The van der Waals surface area contributed by atoms with E-state index in [2.05, 4.69) is 48.3 Å². The fraction of sp³-hybridized carbons (Fsp3) is 0.176. The van der Waals surface area contributed by atoms with E-state index < -0.39 is 0 Å². The summed E-state index contributed by atoms with van der Waals surface area (Å²) in [6.45, 7) is 2.17. The molecule has 1 aromatic heterocycles. The summed E-state index contributed by atoms with van der Waals surface area (Å²) in [6.07, 6.45) is 0.958. The molecular weight excluding hydrogens is 234 g/mol. The van der Waals surface area contributed by atoms with Crippen molar-refractivity contribution in [3.05, 3.63) is 53.1 Å². The summed E-state index contributed by atoms with van der Waals surface area (Å²) in [5.41, 5.74) is 7.84. The van der Waals surface area contributed by atoms with Crippen LogP contribution in [0.15, 0.2) is 36.4 Å². The molecule has 19 heavy (non-hydrogen) atoms. The van der Waals surface area contributed by atoms with E-state index in [1.807, 2.05) is 0 Å². The van der Waals surface area contributed by atoms with Gasteiger partial charge in [-0.3, -0.25) is 0 Å². The van der Waals surface area contributed by atoms with Crippen molar-refractivity contribution >= 4 is 10.9 Å². The van der Waals surface area contributed by atoms with Crippen LogP contribution in [0.4, 0.5) is 0 Å². The highest BCUT2D eigenvalue weighted by Crippen LogP contribution is 2.45. The first kappa shape index (κ1) is 10.7. The van der Waals surface area contributed by atoms with Crippen LogP contribution in [0.3, 0.4) is 0 Å². The maximum absolute atomic E-state index is 5.51. The minimum Gasteiger partial charge on any atom is -0.496 e. The number of aryl methyl sites for hydroxylation is 1. The third-order valence-corrected chi connectivity index (χ3v) is 4.12. The van der Waals surface area contributed by atoms with Crippen LogP contribution in [0.1, 0.15) is 16.7 Å². The molecule has 1 N–H and O–H groups in total. The summed E-state index contributed by atoms with van der Waals surface area (Å²) in [6, 6.07) is 12.7. The van der Waals surface area contributed by atoms with Crippen molar-refractivity contribution in [1.82, 2.24) is 4.98 Å². The van der Waals surface area contributed by atoms with Gasteiger partial charge in [0.2, 0.25) is 0 Å². The van der Waals surface area contributed by atoms with Gasteiger partial charge in [-0.05, 0) is 30.2 Å². The predicted octanol–water partition coefficient (Wildman–Crippen LogP) is 4.06. The smallest absolute Gasteiger partial charge is 0.123 e. The molecule has 94 valence electrons. The third-order valence-electron chi connectivity index (χ3n) is 4.12. The number of hydrogen-bond acceptors (Lipinski definition) is 1. The van der Waals surface area contributed by atoms with Gasteiger partial charge in [0.1, 0.15) is 5.75 Å². The average molecular weight is 249 g/mol. The van der Waals surface area contributed by atoms with Crippen molar-refractivity contribution < 1.29 is 4.74 Å². The summed E-state index contributed by atoms with van der Waals surface area (Å²) in [5.74, 6) is 0.995. The van der Waals surface area contributed by atoms with Gasteiger partial charge in [-0.2, -0.15) is 0 Å². The lowest BCUT2D eigenvalue weighted by Gasteiger charge is -2.09. The number of aromatic amines is 1. The zero-order chi connectivity index (χ0) is 13.0. The van der Waals surface area contributed by atoms with Gasteiger partial charge in [-0.25, -0.2) is 0 Å². The van der Waals surface area contributed by atoms with E-state index in [0.29, 0.717) is 0 Å². The number of para-hydroxylation sites is 1. The van der Waals surface area contributed by atoms with Crippen LogP contribution in [-0.4, -0.2) is 12.1 Å². The van der Waals surface area contributed by atoms with Crippen LogP contribution in [0, 0.1) is 6.92 Å². The highest BCUT2D eigenvalue weighted by Gasteiger charge is 2.26. The maximum atomic E-state index is 5.51. The number of nitrogens with one attached hydrogen (secondary N) is 1. The Balaban J connectivity index is 2.08. The van der Waals surface area contributed by atoms with E-state index in [9.17, 15) is 0 Å². The molecule has 0 fully saturated rings. The van der Waals surface area contributed by atoms with Gasteiger partial charge in [-0.1, -0.05) is 24.3 Å². The Bertz CT molecular complexity index is 798. The van der Waals surface area contributed by atoms with Gasteiger partial charge < -0.3 is 9.72 Å². The molecule has 0 radical (unpaired) electrons. The highest BCUT2D eigenvalue weighted by molar-refractivity contribution is 5.95. The van der Waals surface area contributed by atoms with Crippen molar-refractivity contribution in [2.75, 3.05) is 7.11 Å². The number of rotatable bonds is 1. The first-order valence-corrected chi connectivity index (χ1v) is 6.56. The van der Waals surface area contributed by atoms with Crippen LogP contribution in [0.5, 0.6) is 5.75 Å². The molecule has 2 nitrogen and oxygen atoms in total. The molecular formula is C17H15NO. The number of H-pyrrole nitrogens is 1. The van der Waals surface area contributed by atoms with Crippen LogP contribution in [0.2, 0.25) is 0 Å². The summed E-state index contributed by atoms with van der Waals surface area (Å²) in [5, 5.41) is 1.33. The Morgan fingerprint density at radius 2 is 1.89 bits per heavy atom. The molecule has 0 bridgehead atoms. The number of aromatic nitrogens is 1. The Morgan fingerprint density at radius 1 is 1.05 bits per heavy atom. The fourth-order valence-corrected chi connectivity index (χ4v) is 3.23. The molecule has 1 aliphatic rings. The van der Waals surface area contributed by atoms with Crippen molar-refractivity contribution in [1.29, 1.82) is 0 Å². The van der Waals surface area contributed by atoms with Crippen molar-refractivity contribution in [2.45, 2.75) is 13.3 Å². The molecule has 0 saturated heterocycles. The molecule has 4 rings (SSSR count). The zero-order valence-corrected chi connectivity index (χ0v) is 11.1. The lowest BCUT2D eigenvalue weighted by atomic mass is 10.0. The Morgan fingerprint density at radius 3 is 2.74 bits per heavy atom. The molecule has 0 atom stereocenters. The quantitative estimate of drug-likeness (QED) is 0.540. The summed E-state index contributed by atoms with van der Waals surface area (Å²) < 4.78 is 5.51. The Hall–Kier alpha value is -2.22. The van der Waals surface area contributed by atoms with E-state index in [1.165, 1.54) is 38.9 Å². The van der Waals surface area contributed by atoms with Gasteiger partial charge in [0.05, 0.1) is 12.8 Å². The van der Waals surface area contributed by atoms with Crippen molar-refractivity contribution in [3.63, 3.8) is 0 Å². The molecule has 1 heterocycles. The van der Waals surface area contributed by atoms with E-state index in [4.69, 9.17) is 4.74 Å². The minimum absolute atomic E-state index is 0.958. The molecule has 0 aliphatic heterocycles. The lowest BCUT2D eigenvalue weighted by molar-refractivity contribution is 0.411. The Labute approximate surface area is 112 Å². The standard InChI is InChI=1S/C17H15NO/c1-10-7-8-15(19-2)13-9-12-11-5-3-4-6-14(11)18-17(12)16(10)13/h3-8,18H,9H2,1-2H3. The maximum Gasteiger partial charge on any atom is 0.123 e. The molecule has 2 heteroatoms. The monoisotopic (exact) mass is 249 g/mol.